The number of anilines is 1. The fourth-order valence-electron chi connectivity index (χ4n) is 4.19. The number of piperidine rings is 1. The predicted octanol–water partition coefficient (Wildman–Crippen LogP) is 3.89. The molecule has 1 aliphatic heterocycles. The lowest BCUT2D eigenvalue weighted by atomic mass is 10.0. The van der Waals surface area contributed by atoms with Crippen LogP contribution >= 0.6 is 0 Å². The summed E-state index contributed by atoms with van der Waals surface area (Å²) in [6.07, 6.45) is 5.42. The van der Waals surface area contributed by atoms with Gasteiger partial charge in [0.15, 0.2) is 0 Å². The molecule has 1 aliphatic rings. The second-order valence-electron chi connectivity index (χ2n) is 9.97. The van der Waals surface area contributed by atoms with Gasteiger partial charge in [0.25, 0.3) is 5.91 Å². The summed E-state index contributed by atoms with van der Waals surface area (Å²) in [6, 6.07) is 14.5. The molecule has 2 aromatic carbocycles. The van der Waals surface area contributed by atoms with Crippen molar-refractivity contribution in [2.24, 2.45) is 11.7 Å². The molecule has 0 aliphatic carbocycles. The molecule has 1 fully saturated rings. The molecule has 1 heterocycles. The van der Waals surface area contributed by atoms with Crippen LogP contribution in [-0.4, -0.2) is 71.2 Å². The number of amides is 1. The molecule has 2 aromatic rings. The number of carbonyl (C=O) groups excluding carboxylic acids is 1. The van der Waals surface area contributed by atoms with Crippen LogP contribution in [0, 0.1) is 17.2 Å². The van der Waals surface area contributed by atoms with Gasteiger partial charge in [0.2, 0.25) is 0 Å². The van der Waals surface area contributed by atoms with E-state index in [0.29, 0.717) is 52.1 Å². The number of hydrogen-bond acceptors (Lipinski definition) is 7. The van der Waals surface area contributed by atoms with Crippen LogP contribution in [0.3, 0.4) is 0 Å². The van der Waals surface area contributed by atoms with E-state index in [0.717, 1.165) is 29.4 Å². The fourth-order valence-corrected chi connectivity index (χ4v) is 4.19. The largest absolute Gasteiger partial charge is 0.377 e. The van der Waals surface area contributed by atoms with Crippen molar-refractivity contribution in [2.75, 3.05) is 64.2 Å². The van der Waals surface area contributed by atoms with E-state index in [1.165, 1.54) is 24.9 Å². The molecule has 8 nitrogen and oxygen atoms in total. The summed E-state index contributed by atoms with van der Waals surface area (Å²) in [5.41, 5.74) is 8.06. The third-order valence-electron chi connectivity index (χ3n) is 6.69. The van der Waals surface area contributed by atoms with Crippen LogP contribution < -0.4 is 16.0 Å². The molecular weight excluding hydrogens is 480 g/mol. The average Bonchev–Trinajstić information content (AvgIpc) is 2.94. The smallest absolute Gasteiger partial charge is 0.262 e. The number of carbonyl (C=O) groups is 1. The minimum Gasteiger partial charge on any atom is -0.377 e. The van der Waals surface area contributed by atoms with Gasteiger partial charge in [-0.2, -0.15) is 5.26 Å². The van der Waals surface area contributed by atoms with Crippen LogP contribution in [-0.2, 0) is 19.0 Å². The number of ether oxygens (including phenoxy) is 3. The Bertz CT molecular complexity index is 1090. The fraction of sp³-hybridized carbons (Fsp3) is 0.533. The number of benzene rings is 2. The van der Waals surface area contributed by atoms with Crippen molar-refractivity contribution in [1.29, 1.82) is 5.26 Å². The molecule has 206 valence electrons. The zero-order valence-corrected chi connectivity index (χ0v) is 22.8. The lowest BCUT2D eigenvalue weighted by Crippen LogP contribution is -2.32. The van der Waals surface area contributed by atoms with Gasteiger partial charge < -0.3 is 30.2 Å². The Kier molecular flexibility index (Phi) is 12.5. The molecule has 0 radical (unpaired) electrons. The zero-order chi connectivity index (χ0) is 27.2. The maximum absolute atomic E-state index is 12.5. The normalized spacial score (nSPS) is 15.0. The van der Waals surface area contributed by atoms with E-state index in [1.807, 2.05) is 24.3 Å². The summed E-state index contributed by atoms with van der Waals surface area (Å²) in [6.45, 7) is 9.36. The number of nitrogens with zero attached hydrogens (tertiary/aromatic N) is 2. The third kappa shape index (κ3) is 9.73. The number of hydrogen-bond donors (Lipinski definition) is 2. The Hall–Kier alpha value is -2.96. The molecule has 3 N–H and O–H groups in total. The van der Waals surface area contributed by atoms with Gasteiger partial charge in [0.05, 0.1) is 39.6 Å². The zero-order valence-electron chi connectivity index (χ0n) is 22.8. The van der Waals surface area contributed by atoms with Crippen LogP contribution in [0.25, 0.3) is 16.8 Å². The highest BCUT2D eigenvalue weighted by atomic mass is 16.5. The van der Waals surface area contributed by atoms with Crippen molar-refractivity contribution in [3.8, 4) is 6.07 Å². The van der Waals surface area contributed by atoms with E-state index in [9.17, 15) is 10.1 Å². The topological polar surface area (TPSA) is 110 Å². The van der Waals surface area contributed by atoms with Gasteiger partial charge in [0, 0.05) is 31.4 Å². The average molecular weight is 523 g/mol. The Morgan fingerprint density at radius 3 is 2.37 bits per heavy atom. The molecule has 8 heteroatoms. The van der Waals surface area contributed by atoms with Crippen LogP contribution in [0.5, 0.6) is 0 Å². The number of nitriles is 1. The van der Waals surface area contributed by atoms with Crippen molar-refractivity contribution in [1.82, 2.24) is 5.32 Å². The van der Waals surface area contributed by atoms with Gasteiger partial charge in [-0.15, -0.1) is 0 Å². The Labute approximate surface area is 226 Å². The number of rotatable bonds is 15. The van der Waals surface area contributed by atoms with E-state index in [1.54, 1.807) is 6.08 Å². The van der Waals surface area contributed by atoms with Crippen molar-refractivity contribution < 1.29 is 19.0 Å². The summed E-state index contributed by atoms with van der Waals surface area (Å²) in [4.78, 5) is 14.9. The van der Waals surface area contributed by atoms with Crippen LogP contribution in [0.4, 0.5) is 5.69 Å². The van der Waals surface area contributed by atoms with E-state index < -0.39 is 5.91 Å². The highest BCUT2D eigenvalue weighted by molar-refractivity contribution is 6.02. The molecule has 1 amide bonds. The molecule has 38 heavy (non-hydrogen) atoms. The van der Waals surface area contributed by atoms with E-state index in [4.69, 9.17) is 19.9 Å². The highest BCUT2D eigenvalue weighted by Crippen LogP contribution is 2.26. The van der Waals surface area contributed by atoms with Gasteiger partial charge in [0.1, 0.15) is 11.6 Å². The van der Waals surface area contributed by atoms with Crippen molar-refractivity contribution in [3.05, 3.63) is 47.5 Å². The SMILES string of the molecule is CC(C)[C@H](N)COCCOCCOCCNC(=O)/C(C#N)=C/c1ccc2cc(N3CCCCC3)ccc2c1. The van der Waals surface area contributed by atoms with Crippen LogP contribution in [0.15, 0.2) is 42.0 Å². The molecule has 0 saturated carbocycles. The van der Waals surface area contributed by atoms with Crippen LogP contribution in [0.2, 0.25) is 0 Å². The van der Waals surface area contributed by atoms with Gasteiger partial charge >= 0.3 is 0 Å². The third-order valence-corrected chi connectivity index (χ3v) is 6.69. The maximum atomic E-state index is 12.5. The summed E-state index contributed by atoms with van der Waals surface area (Å²) in [7, 11) is 0. The number of fused-ring (bicyclic) bond motifs is 1. The molecular formula is C30H42N4O4. The Balaban J connectivity index is 1.36. The molecule has 1 atom stereocenters. The molecule has 0 unspecified atom stereocenters. The van der Waals surface area contributed by atoms with Crippen molar-refractivity contribution >= 4 is 28.4 Å². The van der Waals surface area contributed by atoms with Crippen molar-refractivity contribution in [2.45, 2.75) is 39.2 Å². The Morgan fingerprint density at radius 2 is 1.66 bits per heavy atom. The van der Waals surface area contributed by atoms with E-state index in [-0.39, 0.29) is 11.6 Å². The van der Waals surface area contributed by atoms with E-state index >= 15 is 0 Å². The monoisotopic (exact) mass is 522 g/mol. The van der Waals surface area contributed by atoms with Gasteiger partial charge in [-0.3, -0.25) is 4.79 Å². The molecule has 3 rings (SSSR count). The second-order valence-corrected chi connectivity index (χ2v) is 9.97. The minimum absolute atomic E-state index is 0.0373. The summed E-state index contributed by atoms with van der Waals surface area (Å²) in [5, 5.41) is 14.5. The number of nitrogens with two attached hydrogens (primary N) is 1. The standard InChI is InChI=1S/C30H42N4O4/c1-23(2)29(32)22-38-17-16-37-15-14-36-13-10-33-30(35)27(21-31)19-24-6-7-26-20-28(9-8-25(26)18-24)34-11-4-3-5-12-34/h6-9,18-20,23,29H,3-5,10-17,22,32H2,1-2H3,(H,33,35)/b27-19+/t29-/m1/s1. The Morgan fingerprint density at radius 1 is 1.00 bits per heavy atom. The van der Waals surface area contributed by atoms with Crippen molar-refractivity contribution in [3.63, 3.8) is 0 Å². The van der Waals surface area contributed by atoms with E-state index in [2.05, 4.69) is 42.3 Å². The first kappa shape index (κ1) is 29.6. The maximum Gasteiger partial charge on any atom is 0.262 e. The highest BCUT2D eigenvalue weighted by Gasteiger charge is 2.12. The first-order valence-corrected chi connectivity index (χ1v) is 13.7. The lowest BCUT2D eigenvalue weighted by molar-refractivity contribution is -0.117. The van der Waals surface area contributed by atoms with Gasteiger partial charge in [-0.05, 0) is 65.8 Å². The second kappa shape index (κ2) is 16.1. The first-order chi connectivity index (χ1) is 18.5. The predicted molar refractivity (Wildman–Crippen MR) is 152 cm³/mol. The quantitative estimate of drug-likeness (QED) is 0.207. The lowest BCUT2D eigenvalue weighted by Gasteiger charge is -2.29. The summed E-state index contributed by atoms with van der Waals surface area (Å²) >= 11 is 0. The van der Waals surface area contributed by atoms with Crippen LogP contribution in [0.1, 0.15) is 38.7 Å². The first-order valence-electron chi connectivity index (χ1n) is 13.7. The summed E-state index contributed by atoms with van der Waals surface area (Å²) < 4.78 is 16.4. The summed E-state index contributed by atoms with van der Waals surface area (Å²) in [5.74, 6) is -0.0224. The molecule has 0 aromatic heterocycles. The molecule has 0 bridgehead atoms. The molecule has 1 saturated heterocycles. The van der Waals surface area contributed by atoms with Gasteiger partial charge in [-0.1, -0.05) is 32.0 Å². The molecule has 0 spiro atoms. The van der Waals surface area contributed by atoms with Gasteiger partial charge in [-0.25, -0.2) is 0 Å². The number of nitrogens with one attached hydrogen (secondary N) is 1. The minimum atomic E-state index is -0.412.